The van der Waals surface area contributed by atoms with Gasteiger partial charge in [-0.25, -0.2) is 4.79 Å². The van der Waals surface area contributed by atoms with E-state index in [0.717, 1.165) is 32.5 Å². The maximum atomic E-state index is 10.7. The summed E-state index contributed by atoms with van der Waals surface area (Å²) < 4.78 is 0. The van der Waals surface area contributed by atoms with Crippen molar-refractivity contribution in [1.82, 2.24) is 15.1 Å². The van der Waals surface area contributed by atoms with Crippen molar-refractivity contribution < 1.29 is 9.90 Å². The average molecular weight is 229 g/mol. The lowest BCUT2D eigenvalue weighted by Crippen LogP contribution is -2.40. The van der Waals surface area contributed by atoms with E-state index in [0.29, 0.717) is 19.0 Å². The zero-order chi connectivity index (χ0) is 12.0. The Bertz CT molecular complexity index is 213. The molecule has 94 valence electrons. The molecule has 0 spiro atoms. The molecule has 1 fully saturated rings. The van der Waals surface area contributed by atoms with Gasteiger partial charge >= 0.3 is 6.09 Å². The number of hydrogen-bond donors (Lipinski definition) is 2. The Morgan fingerprint density at radius 2 is 2.06 bits per heavy atom. The fourth-order valence-electron chi connectivity index (χ4n) is 1.94. The Hall–Kier alpha value is -0.810. The van der Waals surface area contributed by atoms with E-state index in [4.69, 9.17) is 5.11 Å². The minimum atomic E-state index is -0.779. The second-order valence-corrected chi connectivity index (χ2v) is 4.72. The molecule has 0 aliphatic carbocycles. The van der Waals surface area contributed by atoms with Crippen molar-refractivity contribution in [2.24, 2.45) is 5.92 Å². The summed E-state index contributed by atoms with van der Waals surface area (Å²) in [5, 5.41) is 12.2. The Kier molecular flexibility index (Phi) is 5.55. The fraction of sp³-hybridized carbons (Fsp3) is 0.909. The van der Waals surface area contributed by atoms with Crippen LogP contribution in [0.15, 0.2) is 0 Å². The van der Waals surface area contributed by atoms with Gasteiger partial charge in [-0.15, -0.1) is 0 Å². The van der Waals surface area contributed by atoms with Gasteiger partial charge < -0.3 is 20.2 Å². The lowest BCUT2D eigenvalue weighted by atomic mass is 9.97. The molecule has 0 unspecified atom stereocenters. The molecule has 0 bridgehead atoms. The number of amides is 1. The Labute approximate surface area is 97.4 Å². The van der Waals surface area contributed by atoms with Gasteiger partial charge in [-0.2, -0.15) is 0 Å². The van der Waals surface area contributed by atoms with Crippen LogP contribution in [0.2, 0.25) is 0 Å². The SMILES string of the molecule is CN(C)CCNCC1CCN(C(=O)O)CC1. The van der Waals surface area contributed by atoms with Gasteiger partial charge in [0, 0.05) is 26.2 Å². The molecule has 0 radical (unpaired) electrons. The molecule has 0 aromatic carbocycles. The summed E-state index contributed by atoms with van der Waals surface area (Å²) in [4.78, 5) is 14.4. The monoisotopic (exact) mass is 229 g/mol. The zero-order valence-corrected chi connectivity index (χ0v) is 10.3. The van der Waals surface area contributed by atoms with E-state index in [1.165, 1.54) is 4.90 Å². The summed E-state index contributed by atoms with van der Waals surface area (Å²) in [5.74, 6) is 0.637. The molecule has 1 saturated heterocycles. The van der Waals surface area contributed by atoms with Crippen molar-refractivity contribution in [2.75, 3.05) is 46.8 Å². The summed E-state index contributed by atoms with van der Waals surface area (Å²) in [6.07, 6.45) is 1.20. The molecule has 1 rings (SSSR count). The molecular formula is C11H23N3O2. The van der Waals surface area contributed by atoms with E-state index in [1.807, 2.05) is 0 Å². The summed E-state index contributed by atoms with van der Waals surface area (Å²) in [7, 11) is 4.13. The summed E-state index contributed by atoms with van der Waals surface area (Å²) in [6, 6.07) is 0. The molecule has 0 aromatic rings. The van der Waals surface area contributed by atoms with Gasteiger partial charge in [0.05, 0.1) is 0 Å². The normalized spacial score (nSPS) is 18.1. The van der Waals surface area contributed by atoms with Crippen molar-refractivity contribution in [2.45, 2.75) is 12.8 Å². The third kappa shape index (κ3) is 4.81. The molecule has 16 heavy (non-hydrogen) atoms. The lowest BCUT2D eigenvalue weighted by molar-refractivity contribution is 0.124. The number of hydrogen-bond acceptors (Lipinski definition) is 3. The van der Waals surface area contributed by atoms with Gasteiger partial charge in [-0.05, 0) is 39.4 Å². The minimum absolute atomic E-state index is 0.637. The van der Waals surface area contributed by atoms with Crippen LogP contribution in [0.3, 0.4) is 0 Å². The number of nitrogens with zero attached hydrogens (tertiary/aromatic N) is 2. The molecule has 0 atom stereocenters. The number of nitrogens with one attached hydrogen (secondary N) is 1. The van der Waals surface area contributed by atoms with Crippen LogP contribution >= 0.6 is 0 Å². The van der Waals surface area contributed by atoms with Crippen molar-refractivity contribution in [3.05, 3.63) is 0 Å². The van der Waals surface area contributed by atoms with Crippen molar-refractivity contribution in [3.63, 3.8) is 0 Å². The van der Waals surface area contributed by atoms with Crippen LogP contribution in [0, 0.1) is 5.92 Å². The smallest absolute Gasteiger partial charge is 0.407 e. The second kappa shape index (κ2) is 6.70. The fourth-order valence-corrected chi connectivity index (χ4v) is 1.94. The molecular weight excluding hydrogens is 206 g/mol. The Morgan fingerprint density at radius 1 is 1.44 bits per heavy atom. The lowest BCUT2D eigenvalue weighted by Gasteiger charge is -2.30. The Balaban J connectivity index is 2.06. The van der Waals surface area contributed by atoms with Gasteiger partial charge in [-0.1, -0.05) is 0 Å². The second-order valence-electron chi connectivity index (χ2n) is 4.72. The number of likely N-dealkylation sites (tertiary alicyclic amines) is 1. The first-order valence-electron chi connectivity index (χ1n) is 5.93. The molecule has 0 aromatic heterocycles. The maximum Gasteiger partial charge on any atom is 0.407 e. The first kappa shape index (κ1) is 13.3. The van der Waals surface area contributed by atoms with Gasteiger partial charge in [-0.3, -0.25) is 0 Å². The quantitative estimate of drug-likeness (QED) is 0.675. The summed E-state index contributed by atoms with van der Waals surface area (Å²) in [6.45, 7) is 4.45. The van der Waals surface area contributed by atoms with Gasteiger partial charge in [0.25, 0.3) is 0 Å². The third-order valence-electron chi connectivity index (χ3n) is 3.05. The van der Waals surface area contributed by atoms with Crippen molar-refractivity contribution >= 4 is 6.09 Å². The molecule has 1 aliphatic rings. The first-order valence-corrected chi connectivity index (χ1v) is 5.93. The molecule has 0 saturated carbocycles. The van der Waals surface area contributed by atoms with Gasteiger partial charge in [0.2, 0.25) is 0 Å². The predicted octanol–water partition coefficient (Wildman–Crippen LogP) is 0.528. The number of carboxylic acid groups (broad SMARTS) is 1. The highest BCUT2D eigenvalue weighted by Crippen LogP contribution is 2.15. The molecule has 1 amide bonds. The van der Waals surface area contributed by atoms with Crippen molar-refractivity contribution in [3.8, 4) is 0 Å². The van der Waals surface area contributed by atoms with E-state index >= 15 is 0 Å². The summed E-state index contributed by atoms with van der Waals surface area (Å²) in [5.41, 5.74) is 0. The zero-order valence-electron chi connectivity index (χ0n) is 10.3. The molecule has 1 aliphatic heterocycles. The van der Waals surface area contributed by atoms with E-state index in [1.54, 1.807) is 0 Å². The largest absolute Gasteiger partial charge is 0.465 e. The Morgan fingerprint density at radius 3 is 2.56 bits per heavy atom. The highest BCUT2D eigenvalue weighted by atomic mass is 16.4. The van der Waals surface area contributed by atoms with Crippen LogP contribution in [0.5, 0.6) is 0 Å². The number of likely N-dealkylation sites (N-methyl/N-ethyl adjacent to an activating group) is 1. The number of rotatable bonds is 5. The molecule has 1 heterocycles. The highest BCUT2D eigenvalue weighted by molar-refractivity contribution is 5.64. The van der Waals surface area contributed by atoms with Crippen LogP contribution in [0.4, 0.5) is 4.79 Å². The third-order valence-corrected chi connectivity index (χ3v) is 3.05. The maximum absolute atomic E-state index is 10.7. The number of piperidine rings is 1. The van der Waals surface area contributed by atoms with Crippen LogP contribution in [0.25, 0.3) is 0 Å². The molecule has 2 N–H and O–H groups in total. The molecule has 5 heteroatoms. The van der Waals surface area contributed by atoms with E-state index < -0.39 is 6.09 Å². The number of carbonyl (C=O) groups is 1. The van der Waals surface area contributed by atoms with E-state index in [2.05, 4.69) is 24.3 Å². The summed E-state index contributed by atoms with van der Waals surface area (Å²) >= 11 is 0. The van der Waals surface area contributed by atoms with Gasteiger partial charge in [0.1, 0.15) is 0 Å². The van der Waals surface area contributed by atoms with E-state index in [-0.39, 0.29) is 0 Å². The van der Waals surface area contributed by atoms with Crippen LogP contribution in [-0.4, -0.2) is 67.8 Å². The van der Waals surface area contributed by atoms with Gasteiger partial charge in [0.15, 0.2) is 0 Å². The standard InChI is InChI=1S/C11H23N3O2/c1-13(2)8-5-12-9-10-3-6-14(7-4-10)11(15)16/h10,12H,3-9H2,1-2H3,(H,15,16). The minimum Gasteiger partial charge on any atom is -0.465 e. The predicted molar refractivity (Wildman–Crippen MR) is 63.7 cm³/mol. The van der Waals surface area contributed by atoms with Crippen LogP contribution < -0.4 is 5.32 Å². The average Bonchev–Trinajstić information content (AvgIpc) is 2.25. The van der Waals surface area contributed by atoms with E-state index in [9.17, 15) is 4.79 Å². The van der Waals surface area contributed by atoms with Crippen LogP contribution in [0.1, 0.15) is 12.8 Å². The van der Waals surface area contributed by atoms with Crippen molar-refractivity contribution in [1.29, 1.82) is 0 Å². The first-order chi connectivity index (χ1) is 7.59. The molecule has 5 nitrogen and oxygen atoms in total. The highest BCUT2D eigenvalue weighted by Gasteiger charge is 2.21. The topological polar surface area (TPSA) is 55.8 Å². The van der Waals surface area contributed by atoms with Crippen LogP contribution in [-0.2, 0) is 0 Å².